The van der Waals surface area contributed by atoms with Crippen molar-refractivity contribution in [1.82, 2.24) is 0 Å². The quantitative estimate of drug-likeness (QED) is 0.818. The molecule has 0 bridgehead atoms. The Morgan fingerprint density at radius 1 is 1.00 bits per heavy atom. The van der Waals surface area contributed by atoms with Crippen LogP contribution >= 0.6 is 0 Å². The summed E-state index contributed by atoms with van der Waals surface area (Å²) in [4.78, 5) is 0. The Morgan fingerprint density at radius 2 is 1.83 bits per heavy atom. The summed E-state index contributed by atoms with van der Waals surface area (Å²) in [6.45, 7) is 1.97. The van der Waals surface area contributed by atoms with Crippen molar-refractivity contribution in [2.75, 3.05) is 18.4 Å². The largest absolute Gasteiger partial charge is 0.489 e. The van der Waals surface area contributed by atoms with Gasteiger partial charge in [-0.2, -0.15) is 0 Å². The van der Waals surface area contributed by atoms with Crippen LogP contribution in [0.2, 0.25) is 0 Å². The van der Waals surface area contributed by atoms with Gasteiger partial charge in [-0.3, -0.25) is 0 Å². The lowest BCUT2D eigenvalue weighted by molar-refractivity contribution is 0.306. The highest BCUT2D eigenvalue weighted by Gasteiger charge is 1.97. The highest BCUT2D eigenvalue weighted by Crippen LogP contribution is 2.18. The Hall–Kier alpha value is -2.00. The van der Waals surface area contributed by atoms with Crippen LogP contribution < -0.4 is 15.8 Å². The number of hydrogen-bond donors (Lipinski definition) is 2. The molecule has 18 heavy (non-hydrogen) atoms. The van der Waals surface area contributed by atoms with Crippen molar-refractivity contribution >= 4 is 5.69 Å². The number of ether oxygens (including phenoxy) is 1. The fourth-order valence-electron chi connectivity index (χ4n) is 1.65. The molecule has 0 spiro atoms. The Labute approximate surface area is 108 Å². The van der Waals surface area contributed by atoms with Gasteiger partial charge in [-0.1, -0.05) is 36.4 Å². The van der Waals surface area contributed by atoms with E-state index >= 15 is 0 Å². The van der Waals surface area contributed by atoms with Gasteiger partial charge in [0.05, 0.1) is 0 Å². The highest BCUT2D eigenvalue weighted by atomic mass is 16.5. The van der Waals surface area contributed by atoms with Gasteiger partial charge in [0.2, 0.25) is 0 Å². The molecule has 0 saturated carbocycles. The molecule has 0 aliphatic carbocycles. The molecule has 0 aliphatic rings. The predicted molar refractivity (Wildman–Crippen MR) is 74.8 cm³/mol. The van der Waals surface area contributed by atoms with Gasteiger partial charge in [0, 0.05) is 24.8 Å². The van der Waals surface area contributed by atoms with Gasteiger partial charge in [-0.05, 0) is 17.7 Å². The van der Waals surface area contributed by atoms with E-state index in [1.54, 1.807) is 0 Å². The third-order valence-corrected chi connectivity index (χ3v) is 2.56. The SMILES string of the molecule is NCCNc1cccc(OCc2ccccc2)c1. The first kappa shape index (κ1) is 12.5. The molecule has 0 fully saturated rings. The lowest BCUT2D eigenvalue weighted by Gasteiger charge is -2.09. The van der Waals surface area contributed by atoms with E-state index in [-0.39, 0.29) is 0 Å². The minimum absolute atomic E-state index is 0.585. The average molecular weight is 242 g/mol. The summed E-state index contributed by atoms with van der Waals surface area (Å²) in [7, 11) is 0. The summed E-state index contributed by atoms with van der Waals surface area (Å²) < 4.78 is 5.74. The van der Waals surface area contributed by atoms with E-state index in [1.807, 2.05) is 42.5 Å². The number of anilines is 1. The fourth-order valence-corrected chi connectivity index (χ4v) is 1.65. The minimum atomic E-state index is 0.585. The molecule has 0 saturated heterocycles. The van der Waals surface area contributed by atoms with E-state index < -0.39 is 0 Å². The third-order valence-electron chi connectivity index (χ3n) is 2.56. The molecule has 0 aliphatic heterocycles. The smallest absolute Gasteiger partial charge is 0.121 e. The zero-order chi connectivity index (χ0) is 12.6. The topological polar surface area (TPSA) is 47.3 Å². The second kappa shape index (κ2) is 6.67. The molecule has 0 unspecified atom stereocenters. The van der Waals surface area contributed by atoms with Gasteiger partial charge in [0.15, 0.2) is 0 Å². The molecule has 0 aromatic heterocycles. The minimum Gasteiger partial charge on any atom is -0.489 e. The second-order valence-corrected chi connectivity index (χ2v) is 4.02. The first-order chi connectivity index (χ1) is 8.88. The van der Waals surface area contributed by atoms with Crippen LogP contribution in [0.25, 0.3) is 0 Å². The van der Waals surface area contributed by atoms with Crippen LogP contribution in [0.3, 0.4) is 0 Å². The van der Waals surface area contributed by atoms with Gasteiger partial charge in [-0.15, -0.1) is 0 Å². The third kappa shape index (κ3) is 3.79. The number of benzene rings is 2. The van der Waals surface area contributed by atoms with E-state index in [1.165, 1.54) is 0 Å². The van der Waals surface area contributed by atoms with Gasteiger partial charge in [0.25, 0.3) is 0 Å². The summed E-state index contributed by atoms with van der Waals surface area (Å²) in [5.41, 5.74) is 7.65. The van der Waals surface area contributed by atoms with Crippen molar-refractivity contribution in [3.05, 3.63) is 60.2 Å². The molecule has 3 heteroatoms. The molecule has 94 valence electrons. The fraction of sp³-hybridized carbons (Fsp3) is 0.200. The number of nitrogens with one attached hydrogen (secondary N) is 1. The van der Waals surface area contributed by atoms with Crippen molar-refractivity contribution < 1.29 is 4.74 Å². The highest BCUT2D eigenvalue weighted by molar-refractivity contribution is 5.48. The van der Waals surface area contributed by atoms with Gasteiger partial charge >= 0.3 is 0 Å². The Balaban J connectivity index is 1.93. The molecule has 3 N–H and O–H groups in total. The summed E-state index contributed by atoms with van der Waals surface area (Å²) in [6, 6.07) is 18.0. The number of hydrogen-bond acceptors (Lipinski definition) is 3. The number of nitrogens with two attached hydrogens (primary N) is 1. The van der Waals surface area contributed by atoms with Crippen LogP contribution in [0, 0.1) is 0 Å². The van der Waals surface area contributed by atoms with Gasteiger partial charge < -0.3 is 15.8 Å². The normalized spacial score (nSPS) is 10.1. The zero-order valence-corrected chi connectivity index (χ0v) is 10.3. The van der Waals surface area contributed by atoms with Gasteiger partial charge in [0.1, 0.15) is 12.4 Å². The molecular weight excluding hydrogens is 224 g/mol. The van der Waals surface area contributed by atoms with Crippen molar-refractivity contribution in [2.45, 2.75) is 6.61 Å². The molecular formula is C15H18N2O. The zero-order valence-electron chi connectivity index (χ0n) is 10.3. The maximum absolute atomic E-state index is 5.74. The Bertz CT molecular complexity index is 471. The van der Waals surface area contributed by atoms with Crippen LogP contribution in [0.5, 0.6) is 5.75 Å². The Kier molecular flexibility index (Phi) is 4.61. The van der Waals surface area contributed by atoms with Crippen LogP contribution in [0.4, 0.5) is 5.69 Å². The molecule has 2 aromatic carbocycles. The molecule has 0 radical (unpaired) electrons. The molecule has 0 amide bonds. The number of rotatable bonds is 6. The van der Waals surface area contributed by atoms with E-state index in [2.05, 4.69) is 17.4 Å². The van der Waals surface area contributed by atoms with Crippen molar-refractivity contribution in [3.63, 3.8) is 0 Å². The lowest BCUT2D eigenvalue weighted by atomic mass is 10.2. The van der Waals surface area contributed by atoms with E-state index in [0.29, 0.717) is 13.2 Å². The first-order valence-corrected chi connectivity index (χ1v) is 6.09. The standard InChI is InChI=1S/C15H18N2O/c16-9-10-17-14-7-4-8-15(11-14)18-12-13-5-2-1-3-6-13/h1-8,11,17H,9-10,12,16H2. The summed E-state index contributed by atoms with van der Waals surface area (Å²) >= 11 is 0. The predicted octanol–water partition coefficient (Wildman–Crippen LogP) is 2.64. The van der Waals surface area contributed by atoms with Crippen LogP contribution in [-0.2, 0) is 6.61 Å². The molecule has 3 nitrogen and oxygen atoms in total. The van der Waals surface area contributed by atoms with Gasteiger partial charge in [-0.25, -0.2) is 0 Å². The van der Waals surface area contributed by atoms with Crippen molar-refractivity contribution in [3.8, 4) is 5.75 Å². The summed E-state index contributed by atoms with van der Waals surface area (Å²) in [5, 5.41) is 3.23. The molecule has 0 heterocycles. The van der Waals surface area contributed by atoms with Crippen LogP contribution in [0.15, 0.2) is 54.6 Å². The van der Waals surface area contributed by atoms with Crippen molar-refractivity contribution in [1.29, 1.82) is 0 Å². The van der Waals surface area contributed by atoms with Crippen LogP contribution in [-0.4, -0.2) is 13.1 Å². The van der Waals surface area contributed by atoms with E-state index in [9.17, 15) is 0 Å². The lowest BCUT2D eigenvalue weighted by Crippen LogP contribution is -2.12. The summed E-state index contributed by atoms with van der Waals surface area (Å²) in [5.74, 6) is 0.862. The second-order valence-electron chi connectivity index (χ2n) is 4.02. The Morgan fingerprint density at radius 3 is 2.61 bits per heavy atom. The van der Waals surface area contributed by atoms with Crippen LogP contribution in [0.1, 0.15) is 5.56 Å². The molecule has 0 atom stereocenters. The maximum Gasteiger partial charge on any atom is 0.121 e. The maximum atomic E-state index is 5.74. The van der Waals surface area contributed by atoms with E-state index in [0.717, 1.165) is 23.5 Å². The first-order valence-electron chi connectivity index (χ1n) is 6.09. The summed E-state index contributed by atoms with van der Waals surface area (Å²) in [6.07, 6.45) is 0. The van der Waals surface area contributed by atoms with E-state index in [4.69, 9.17) is 10.5 Å². The molecule has 2 aromatic rings. The molecule has 2 rings (SSSR count). The average Bonchev–Trinajstić information content (AvgIpc) is 2.44. The van der Waals surface area contributed by atoms with Crippen molar-refractivity contribution in [2.24, 2.45) is 5.73 Å². The monoisotopic (exact) mass is 242 g/mol.